The molecule has 2 aliphatic rings. The van der Waals surface area contributed by atoms with E-state index in [1.165, 1.54) is 4.90 Å². The molecule has 11 nitrogen and oxygen atoms in total. The Balaban J connectivity index is 1.31. The molecule has 4 rings (SSSR count). The fourth-order valence-electron chi connectivity index (χ4n) is 4.94. The second-order valence-electron chi connectivity index (χ2n) is 9.63. The highest BCUT2D eigenvalue weighted by Gasteiger charge is 2.36. The van der Waals surface area contributed by atoms with Crippen molar-refractivity contribution in [1.82, 2.24) is 10.2 Å². The van der Waals surface area contributed by atoms with Crippen molar-refractivity contribution in [3.63, 3.8) is 0 Å². The minimum atomic E-state index is -1.17. The Kier molecular flexibility index (Phi) is 9.49. The van der Waals surface area contributed by atoms with Crippen LogP contribution in [0.4, 0.5) is 5.69 Å². The van der Waals surface area contributed by atoms with Crippen LogP contribution in [-0.4, -0.2) is 78.1 Å². The first-order valence-corrected chi connectivity index (χ1v) is 13.4. The third kappa shape index (κ3) is 6.48. The number of fused-ring (bicyclic) bond motifs is 2. The van der Waals surface area contributed by atoms with Crippen LogP contribution in [0.1, 0.15) is 59.7 Å². The molecule has 11 heteroatoms. The number of esters is 1. The van der Waals surface area contributed by atoms with Gasteiger partial charge >= 0.3 is 11.9 Å². The van der Waals surface area contributed by atoms with Gasteiger partial charge in [0.25, 0.3) is 11.8 Å². The Labute approximate surface area is 232 Å². The Morgan fingerprint density at radius 2 is 1.62 bits per heavy atom. The van der Waals surface area contributed by atoms with Crippen LogP contribution < -0.4 is 15.0 Å². The lowest BCUT2D eigenvalue weighted by molar-refractivity contribution is -0.146. The number of nitrogens with one attached hydrogen (secondary N) is 1. The van der Waals surface area contributed by atoms with Crippen LogP contribution in [-0.2, 0) is 19.1 Å². The number of hydrogen-bond donors (Lipinski definition) is 2. The van der Waals surface area contributed by atoms with Gasteiger partial charge in [0.05, 0.1) is 23.4 Å². The fraction of sp³-hybridized carbons (Fsp3) is 0.414. The van der Waals surface area contributed by atoms with E-state index in [4.69, 9.17) is 9.47 Å². The van der Waals surface area contributed by atoms with Crippen molar-refractivity contribution < 1.29 is 38.6 Å². The van der Waals surface area contributed by atoms with Crippen LogP contribution in [0.15, 0.2) is 48.5 Å². The van der Waals surface area contributed by atoms with Gasteiger partial charge in [-0.1, -0.05) is 43.5 Å². The summed E-state index contributed by atoms with van der Waals surface area (Å²) < 4.78 is 11.0. The zero-order valence-electron chi connectivity index (χ0n) is 22.3. The first-order chi connectivity index (χ1) is 19.3. The van der Waals surface area contributed by atoms with Gasteiger partial charge in [0.1, 0.15) is 31.0 Å². The molecule has 0 fully saturated rings. The highest BCUT2D eigenvalue weighted by Crippen LogP contribution is 2.31. The van der Waals surface area contributed by atoms with E-state index in [1.807, 2.05) is 0 Å². The zero-order valence-corrected chi connectivity index (χ0v) is 22.3. The summed E-state index contributed by atoms with van der Waals surface area (Å²) in [4.78, 5) is 65.0. The van der Waals surface area contributed by atoms with Gasteiger partial charge in [-0.3, -0.25) is 39.1 Å². The van der Waals surface area contributed by atoms with Crippen LogP contribution in [0.3, 0.4) is 0 Å². The maximum absolute atomic E-state index is 13.3. The van der Waals surface area contributed by atoms with Crippen molar-refractivity contribution in [1.29, 1.82) is 0 Å². The smallest absolute Gasteiger partial charge is 0.323 e. The van der Waals surface area contributed by atoms with Crippen molar-refractivity contribution in [2.75, 3.05) is 31.2 Å². The quantitative estimate of drug-likeness (QED) is 0.218. The SMILES string of the molecule is CCOC(=O)[C@H](CCCCCCN1C(=O)c2ccccc2C1=O)NC1COc2ccccc2N(CC(=O)O)C1=O. The fourth-order valence-corrected chi connectivity index (χ4v) is 4.94. The Hall–Kier alpha value is -4.25. The minimum Gasteiger partial charge on any atom is -0.489 e. The zero-order chi connectivity index (χ0) is 28.6. The number of para-hydroxylation sites is 2. The summed E-state index contributed by atoms with van der Waals surface area (Å²) in [5.74, 6) is -2.36. The lowest BCUT2D eigenvalue weighted by atomic mass is 10.1. The number of anilines is 1. The van der Waals surface area contributed by atoms with E-state index in [-0.39, 0.29) is 25.0 Å². The van der Waals surface area contributed by atoms with Crippen LogP contribution >= 0.6 is 0 Å². The number of carboxylic acid groups (broad SMARTS) is 1. The number of imide groups is 1. The van der Waals surface area contributed by atoms with Crippen molar-refractivity contribution in [3.8, 4) is 5.75 Å². The molecule has 0 radical (unpaired) electrons. The molecule has 40 heavy (non-hydrogen) atoms. The molecule has 2 heterocycles. The van der Waals surface area contributed by atoms with E-state index in [0.717, 1.165) is 17.7 Å². The van der Waals surface area contributed by atoms with E-state index < -0.39 is 36.5 Å². The molecule has 2 atom stereocenters. The monoisotopic (exact) mass is 551 g/mol. The topological polar surface area (TPSA) is 143 Å². The lowest BCUT2D eigenvalue weighted by Gasteiger charge is -2.26. The summed E-state index contributed by atoms with van der Waals surface area (Å²) >= 11 is 0. The Morgan fingerprint density at radius 1 is 0.975 bits per heavy atom. The maximum Gasteiger partial charge on any atom is 0.323 e. The van der Waals surface area contributed by atoms with Crippen molar-refractivity contribution in [2.24, 2.45) is 0 Å². The molecule has 2 N–H and O–H groups in total. The number of ether oxygens (including phenoxy) is 2. The molecule has 0 bridgehead atoms. The van der Waals surface area contributed by atoms with Crippen LogP contribution in [0.5, 0.6) is 5.75 Å². The Bertz CT molecular complexity index is 1240. The summed E-state index contributed by atoms with van der Waals surface area (Å²) in [6, 6.07) is 11.7. The predicted molar refractivity (Wildman–Crippen MR) is 144 cm³/mol. The van der Waals surface area contributed by atoms with Crippen molar-refractivity contribution in [2.45, 2.75) is 51.1 Å². The molecule has 0 saturated heterocycles. The highest BCUT2D eigenvalue weighted by molar-refractivity contribution is 6.21. The number of aliphatic carboxylic acids is 1. The molecule has 0 aliphatic carbocycles. The standard InChI is InChI=1S/C29H33N3O8/c1-2-39-29(38)21(13-5-3-4-10-16-31-26(35)19-11-6-7-12-20(19)27(31)36)30-22-18-40-24-15-9-8-14-23(24)32(28(22)37)17-25(33)34/h6-9,11-12,14-15,21-22,30H,2-5,10,13,16-18H2,1H3,(H,33,34)/t21-,22?/m0/s1. The van der Waals surface area contributed by atoms with E-state index in [1.54, 1.807) is 55.5 Å². The first-order valence-electron chi connectivity index (χ1n) is 13.4. The summed E-state index contributed by atoms with van der Waals surface area (Å²) in [6.07, 6.45) is 3.09. The van der Waals surface area contributed by atoms with Gasteiger partial charge in [-0.2, -0.15) is 0 Å². The van der Waals surface area contributed by atoms with Gasteiger partial charge in [0.2, 0.25) is 5.91 Å². The van der Waals surface area contributed by atoms with Gasteiger partial charge in [0.15, 0.2) is 0 Å². The average molecular weight is 552 g/mol. The van der Waals surface area contributed by atoms with Gasteiger partial charge < -0.3 is 14.6 Å². The number of unbranched alkanes of at least 4 members (excludes halogenated alkanes) is 3. The number of carbonyl (C=O) groups is 5. The molecular formula is C29H33N3O8. The van der Waals surface area contributed by atoms with E-state index in [2.05, 4.69) is 5.32 Å². The number of benzene rings is 2. The average Bonchev–Trinajstić information content (AvgIpc) is 3.11. The van der Waals surface area contributed by atoms with Gasteiger partial charge in [-0.25, -0.2) is 0 Å². The molecule has 0 saturated carbocycles. The molecule has 2 aromatic carbocycles. The van der Waals surface area contributed by atoms with Crippen molar-refractivity contribution >= 4 is 35.3 Å². The van der Waals surface area contributed by atoms with Crippen LogP contribution in [0, 0.1) is 0 Å². The third-order valence-electron chi connectivity index (χ3n) is 6.90. The number of nitrogens with zero attached hydrogens (tertiary/aromatic N) is 2. The summed E-state index contributed by atoms with van der Waals surface area (Å²) in [5, 5.41) is 12.4. The second kappa shape index (κ2) is 13.2. The maximum atomic E-state index is 13.3. The molecular weight excluding hydrogens is 518 g/mol. The number of hydrogen-bond acceptors (Lipinski definition) is 8. The lowest BCUT2D eigenvalue weighted by Crippen LogP contribution is -2.54. The molecule has 3 amide bonds. The third-order valence-corrected chi connectivity index (χ3v) is 6.90. The number of carboxylic acids is 1. The summed E-state index contributed by atoms with van der Waals surface area (Å²) in [7, 11) is 0. The van der Waals surface area contributed by atoms with E-state index in [0.29, 0.717) is 48.4 Å². The Morgan fingerprint density at radius 3 is 2.30 bits per heavy atom. The number of carbonyl (C=O) groups excluding carboxylic acids is 4. The summed E-state index contributed by atoms with van der Waals surface area (Å²) in [6.45, 7) is 1.55. The molecule has 0 spiro atoms. The molecule has 212 valence electrons. The minimum absolute atomic E-state index is 0.0812. The predicted octanol–water partition coefficient (Wildman–Crippen LogP) is 2.63. The summed E-state index contributed by atoms with van der Waals surface area (Å²) in [5.41, 5.74) is 1.21. The van der Waals surface area contributed by atoms with Gasteiger partial charge in [-0.15, -0.1) is 0 Å². The molecule has 2 aliphatic heterocycles. The first kappa shape index (κ1) is 28.8. The molecule has 2 aromatic rings. The van der Waals surface area contributed by atoms with E-state index in [9.17, 15) is 29.1 Å². The van der Waals surface area contributed by atoms with Gasteiger partial charge in [0, 0.05) is 6.54 Å². The van der Waals surface area contributed by atoms with Gasteiger partial charge in [-0.05, 0) is 44.0 Å². The second-order valence-corrected chi connectivity index (χ2v) is 9.63. The molecule has 1 unspecified atom stereocenters. The molecule has 0 aromatic heterocycles. The van der Waals surface area contributed by atoms with Crippen LogP contribution in [0.2, 0.25) is 0 Å². The van der Waals surface area contributed by atoms with E-state index >= 15 is 0 Å². The van der Waals surface area contributed by atoms with Crippen molar-refractivity contribution in [3.05, 3.63) is 59.7 Å². The largest absolute Gasteiger partial charge is 0.489 e. The normalized spacial score (nSPS) is 17.1. The van der Waals surface area contributed by atoms with Crippen LogP contribution in [0.25, 0.3) is 0 Å². The number of amides is 3. The number of rotatable bonds is 13. The highest BCUT2D eigenvalue weighted by atomic mass is 16.5.